The van der Waals surface area contributed by atoms with Gasteiger partial charge in [0.25, 0.3) is 0 Å². The Kier molecular flexibility index (Phi) is 2.40. The predicted molar refractivity (Wildman–Crippen MR) is 62.1 cm³/mol. The lowest BCUT2D eigenvalue weighted by atomic mass is 10.0. The van der Waals surface area contributed by atoms with Crippen LogP contribution in [0.25, 0.3) is 10.9 Å². The Morgan fingerprint density at radius 2 is 2.07 bits per heavy atom. The molecule has 15 heavy (non-hydrogen) atoms. The first-order valence-electron chi connectivity index (χ1n) is 5.02. The highest BCUT2D eigenvalue weighted by Gasteiger charge is 2.13. The predicted octanol–water partition coefficient (Wildman–Crippen LogP) is 2.21. The monoisotopic (exact) mass is 204 g/mol. The van der Waals surface area contributed by atoms with E-state index in [1.165, 1.54) is 10.9 Å². The maximum absolute atomic E-state index is 5.98. The number of nitrogens with two attached hydrogens (primary N) is 1. The number of methoxy groups -OCH3 is 1. The van der Waals surface area contributed by atoms with Gasteiger partial charge in [0.2, 0.25) is 0 Å². The molecule has 0 aliphatic rings. The molecule has 0 saturated carbocycles. The molecule has 1 atom stereocenters. The molecule has 0 bridgehead atoms. The van der Waals surface area contributed by atoms with E-state index in [-0.39, 0.29) is 6.04 Å². The van der Waals surface area contributed by atoms with Crippen molar-refractivity contribution in [1.82, 2.24) is 4.57 Å². The van der Waals surface area contributed by atoms with E-state index in [1.807, 2.05) is 26.2 Å². The summed E-state index contributed by atoms with van der Waals surface area (Å²) in [5.74, 6) is 0.865. The fraction of sp³-hybridized carbons (Fsp3) is 0.333. The molecule has 0 fully saturated rings. The Morgan fingerprint density at radius 3 is 2.67 bits per heavy atom. The van der Waals surface area contributed by atoms with Gasteiger partial charge in [-0.3, -0.25) is 0 Å². The molecule has 2 aromatic rings. The molecule has 0 amide bonds. The lowest BCUT2D eigenvalue weighted by Crippen LogP contribution is -2.07. The Balaban J connectivity index is 2.79. The summed E-state index contributed by atoms with van der Waals surface area (Å²) in [6.45, 7) is 1.98. The molecule has 2 rings (SSSR count). The van der Waals surface area contributed by atoms with Gasteiger partial charge >= 0.3 is 0 Å². The van der Waals surface area contributed by atoms with Crippen LogP contribution in [0.5, 0.6) is 5.75 Å². The zero-order chi connectivity index (χ0) is 11.0. The summed E-state index contributed by atoms with van der Waals surface area (Å²) < 4.78 is 7.42. The van der Waals surface area contributed by atoms with E-state index in [1.54, 1.807) is 7.11 Å². The molecule has 0 aliphatic carbocycles. The molecule has 1 unspecified atom stereocenters. The highest BCUT2D eigenvalue weighted by atomic mass is 16.5. The number of rotatable bonds is 2. The SMILES string of the molecule is COc1ccc2c(ccn2C)c1C(C)N. The van der Waals surface area contributed by atoms with Crippen molar-refractivity contribution in [2.45, 2.75) is 13.0 Å². The third kappa shape index (κ3) is 1.49. The quantitative estimate of drug-likeness (QED) is 0.814. The molecule has 0 saturated heterocycles. The minimum Gasteiger partial charge on any atom is -0.496 e. The van der Waals surface area contributed by atoms with E-state index in [0.717, 1.165) is 11.3 Å². The standard InChI is InChI=1S/C12H16N2O/c1-8(13)12-9-6-7-14(2)10(9)4-5-11(12)15-3/h4-8H,13H2,1-3H3. The van der Waals surface area contributed by atoms with Gasteiger partial charge in [0, 0.05) is 35.8 Å². The van der Waals surface area contributed by atoms with E-state index in [2.05, 4.69) is 16.7 Å². The third-order valence-electron chi connectivity index (χ3n) is 2.74. The van der Waals surface area contributed by atoms with Crippen LogP contribution in [0, 0.1) is 0 Å². The fourth-order valence-electron chi connectivity index (χ4n) is 2.00. The number of aromatic nitrogens is 1. The summed E-state index contributed by atoms with van der Waals surface area (Å²) >= 11 is 0. The average Bonchev–Trinajstić information content (AvgIpc) is 2.58. The van der Waals surface area contributed by atoms with Crippen LogP contribution in [0.15, 0.2) is 24.4 Å². The van der Waals surface area contributed by atoms with Crippen LogP contribution in [0.1, 0.15) is 18.5 Å². The lowest BCUT2D eigenvalue weighted by Gasteiger charge is -2.13. The second-order valence-corrected chi connectivity index (χ2v) is 3.83. The molecule has 1 heterocycles. The van der Waals surface area contributed by atoms with Gasteiger partial charge in [0.1, 0.15) is 5.75 Å². The number of hydrogen-bond donors (Lipinski definition) is 1. The number of benzene rings is 1. The first-order chi connectivity index (χ1) is 7.15. The first-order valence-corrected chi connectivity index (χ1v) is 5.02. The Labute approximate surface area is 89.4 Å². The minimum absolute atomic E-state index is 0.0222. The summed E-state index contributed by atoms with van der Waals surface area (Å²) in [5, 5.41) is 1.17. The normalized spacial score (nSPS) is 13.1. The zero-order valence-corrected chi connectivity index (χ0v) is 9.32. The summed E-state index contributed by atoms with van der Waals surface area (Å²) in [7, 11) is 3.70. The second kappa shape index (κ2) is 3.59. The van der Waals surface area contributed by atoms with E-state index in [9.17, 15) is 0 Å². The largest absolute Gasteiger partial charge is 0.496 e. The zero-order valence-electron chi connectivity index (χ0n) is 9.32. The maximum Gasteiger partial charge on any atom is 0.124 e. The van der Waals surface area contributed by atoms with Crippen molar-refractivity contribution in [2.75, 3.05) is 7.11 Å². The van der Waals surface area contributed by atoms with Crippen molar-refractivity contribution >= 4 is 10.9 Å². The third-order valence-corrected chi connectivity index (χ3v) is 2.74. The Bertz CT molecular complexity index is 486. The smallest absolute Gasteiger partial charge is 0.124 e. The van der Waals surface area contributed by atoms with Crippen LogP contribution in [0.2, 0.25) is 0 Å². The van der Waals surface area contributed by atoms with Gasteiger partial charge in [-0.25, -0.2) is 0 Å². The average molecular weight is 204 g/mol. The van der Waals surface area contributed by atoms with Crippen molar-refractivity contribution in [3.8, 4) is 5.75 Å². The summed E-state index contributed by atoms with van der Waals surface area (Å²) in [5.41, 5.74) is 8.24. The van der Waals surface area contributed by atoms with Crippen LogP contribution in [-0.4, -0.2) is 11.7 Å². The molecule has 0 radical (unpaired) electrons. The molecular formula is C12H16N2O. The van der Waals surface area contributed by atoms with Crippen LogP contribution in [-0.2, 0) is 7.05 Å². The van der Waals surface area contributed by atoms with Gasteiger partial charge in [-0.15, -0.1) is 0 Å². The molecule has 3 heteroatoms. The summed E-state index contributed by atoms with van der Waals surface area (Å²) in [6.07, 6.45) is 2.04. The van der Waals surface area contributed by atoms with Crippen molar-refractivity contribution in [1.29, 1.82) is 0 Å². The topological polar surface area (TPSA) is 40.2 Å². The van der Waals surface area contributed by atoms with Crippen molar-refractivity contribution in [3.63, 3.8) is 0 Å². The first kappa shape index (κ1) is 10.1. The molecule has 0 aliphatic heterocycles. The van der Waals surface area contributed by atoms with Gasteiger partial charge in [0.05, 0.1) is 7.11 Å². The Hall–Kier alpha value is -1.48. The van der Waals surface area contributed by atoms with Crippen molar-refractivity contribution < 1.29 is 4.74 Å². The van der Waals surface area contributed by atoms with Crippen molar-refractivity contribution in [3.05, 3.63) is 30.0 Å². The highest BCUT2D eigenvalue weighted by Crippen LogP contribution is 2.32. The van der Waals surface area contributed by atoms with E-state index in [0.29, 0.717) is 0 Å². The number of hydrogen-bond acceptors (Lipinski definition) is 2. The van der Waals surface area contributed by atoms with Gasteiger partial charge < -0.3 is 15.0 Å². The fourth-order valence-corrected chi connectivity index (χ4v) is 2.00. The van der Waals surface area contributed by atoms with E-state index >= 15 is 0 Å². The van der Waals surface area contributed by atoms with Crippen LogP contribution in [0.4, 0.5) is 0 Å². The molecule has 80 valence electrons. The highest BCUT2D eigenvalue weighted by molar-refractivity contribution is 5.86. The lowest BCUT2D eigenvalue weighted by molar-refractivity contribution is 0.408. The van der Waals surface area contributed by atoms with E-state index < -0.39 is 0 Å². The molecule has 1 aromatic carbocycles. The molecule has 3 nitrogen and oxygen atoms in total. The van der Waals surface area contributed by atoms with Crippen LogP contribution >= 0.6 is 0 Å². The molecule has 0 spiro atoms. The summed E-state index contributed by atoms with van der Waals surface area (Å²) in [6, 6.07) is 6.09. The number of ether oxygens (including phenoxy) is 1. The number of aryl methyl sites for hydroxylation is 1. The minimum atomic E-state index is -0.0222. The van der Waals surface area contributed by atoms with Crippen LogP contribution in [0.3, 0.4) is 0 Å². The number of fused-ring (bicyclic) bond motifs is 1. The second-order valence-electron chi connectivity index (χ2n) is 3.83. The van der Waals surface area contributed by atoms with Gasteiger partial charge in [-0.05, 0) is 25.1 Å². The molecular weight excluding hydrogens is 188 g/mol. The molecule has 2 N–H and O–H groups in total. The molecule has 1 aromatic heterocycles. The van der Waals surface area contributed by atoms with E-state index in [4.69, 9.17) is 10.5 Å². The maximum atomic E-state index is 5.98. The number of nitrogens with zero attached hydrogens (tertiary/aromatic N) is 1. The summed E-state index contributed by atoms with van der Waals surface area (Å²) in [4.78, 5) is 0. The van der Waals surface area contributed by atoms with Crippen molar-refractivity contribution in [2.24, 2.45) is 12.8 Å². The van der Waals surface area contributed by atoms with Gasteiger partial charge in [-0.2, -0.15) is 0 Å². The van der Waals surface area contributed by atoms with Gasteiger partial charge in [0.15, 0.2) is 0 Å². The van der Waals surface area contributed by atoms with Crippen LogP contribution < -0.4 is 10.5 Å². The Morgan fingerprint density at radius 1 is 1.33 bits per heavy atom. The van der Waals surface area contributed by atoms with Gasteiger partial charge in [-0.1, -0.05) is 0 Å².